The molecular formula is C18H18F3N. The second-order valence-corrected chi connectivity index (χ2v) is 5.06. The first kappa shape index (κ1) is 16.3. The van der Waals surface area contributed by atoms with E-state index in [-0.39, 0.29) is 5.56 Å². The summed E-state index contributed by atoms with van der Waals surface area (Å²) in [6.07, 6.45) is 0.632. The summed E-state index contributed by atoms with van der Waals surface area (Å²) >= 11 is 0. The third kappa shape index (κ3) is 4.46. The van der Waals surface area contributed by atoms with E-state index in [0.717, 1.165) is 30.0 Å². The van der Waals surface area contributed by atoms with Crippen molar-refractivity contribution in [2.75, 3.05) is 6.54 Å². The molecule has 0 saturated heterocycles. The zero-order valence-electron chi connectivity index (χ0n) is 12.1. The van der Waals surface area contributed by atoms with Gasteiger partial charge in [0, 0.05) is 0 Å². The number of halogens is 3. The Labute approximate surface area is 128 Å². The van der Waals surface area contributed by atoms with Crippen molar-refractivity contribution in [3.63, 3.8) is 0 Å². The van der Waals surface area contributed by atoms with Gasteiger partial charge in [0.1, 0.15) is 0 Å². The molecule has 0 aliphatic carbocycles. The third-order valence-corrected chi connectivity index (χ3v) is 3.34. The molecule has 0 aliphatic rings. The molecule has 2 N–H and O–H groups in total. The molecule has 4 heteroatoms. The normalized spacial score (nSPS) is 12.0. The van der Waals surface area contributed by atoms with Gasteiger partial charge in [0.15, 0.2) is 0 Å². The van der Waals surface area contributed by atoms with Crippen LogP contribution in [0.3, 0.4) is 0 Å². The Morgan fingerprint density at radius 1 is 0.955 bits per heavy atom. The van der Waals surface area contributed by atoms with Crippen molar-refractivity contribution >= 4 is 12.2 Å². The zero-order chi connectivity index (χ0) is 16.0. The molecule has 0 atom stereocenters. The average Bonchev–Trinajstić information content (AvgIpc) is 2.51. The molecule has 0 amide bonds. The van der Waals surface area contributed by atoms with E-state index in [0.29, 0.717) is 6.54 Å². The third-order valence-electron chi connectivity index (χ3n) is 3.34. The number of hydrogen-bond acceptors (Lipinski definition) is 1. The highest BCUT2D eigenvalue weighted by atomic mass is 19.4. The lowest BCUT2D eigenvalue weighted by Gasteiger charge is -2.09. The SMILES string of the molecule is NCCCc1cccc(/C=C/c2ccccc2C(F)(F)F)c1. The van der Waals surface area contributed by atoms with E-state index in [2.05, 4.69) is 0 Å². The van der Waals surface area contributed by atoms with Gasteiger partial charge >= 0.3 is 6.18 Å². The topological polar surface area (TPSA) is 26.0 Å². The summed E-state index contributed by atoms with van der Waals surface area (Å²) in [4.78, 5) is 0. The Hall–Kier alpha value is -2.07. The Morgan fingerprint density at radius 3 is 2.45 bits per heavy atom. The fourth-order valence-corrected chi connectivity index (χ4v) is 2.24. The molecule has 0 heterocycles. The van der Waals surface area contributed by atoms with Crippen molar-refractivity contribution in [3.8, 4) is 0 Å². The molecular weight excluding hydrogens is 287 g/mol. The van der Waals surface area contributed by atoms with Crippen LogP contribution in [0.25, 0.3) is 12.2 Å². The van der Waals surface area contributed by atoms with Gasteiger partial charge in [0.2, 0.25) is 0 Å². The van der Waals surface area contributed by atoms with E-state index in [1.54, 1.807) is 12.1 Å². The molecule has 0 fully saturated rings. The van der Waals surface area contributed by atoms with Gasteiger partial charge in [-0.3, -0.25) is 0 Å². The molecule has 0 spiro atoms. The molecule has 0 saturated carbocycles. The standard InChI is InChI=1S/C18H18F3N/c19-18(20,21)17-9-2-1-8-16(17)11-10-15-6-3-5-14(13-15)7-4-12-22/h1-3,5-6,8-11,13H,4,7,12,22H2/b11-10+. The fourth-order valence-electron chi connectivity index (χ4n) is 2.24. The van der Waals surface area contributed by atoms with Crippen molar-refractivity contribution in [1.29, 1.82) is 0 Å². The summed E-state index contributed by atoms with van der Waals surface area (Å²) in [6.45, 7) is 0.624. The van der Waals surface area contributed by atoms with E-state index in [4.69, 9.17) is 5.73 Å². The van der Waals surface area contributed by atoms with E-state index in [1.165, 1.54) is 18.2 Å². The highest BCUT2D eigenvalue weighted by Gasteiger charge is 2.32. The summed E-state index contributed by atoms with van der Waals surface area (Å²) in [5.41, 5.74) is 7.05. The summed E-state index contributed by atoms with van der Waals surface area (Å²) in [6, 6.07) is 13.3. The molecule has 22 heavy (non-hydrogen) atoms. The van der Waals surface area contributed by atoms with Crippen LogP contribution in [0.15, 0.2) is 48.5 Å². The highest BCUT2D eigenvalue weighted by Crippen LogP contribution is 2.32. The van der Waals surface area contributed by atoms with Gasteiger partial charge in [-0.2, -0.15) is 13.2 Å². The van der Waals surface area contributed by atoms with Crippen molar-refractivity contribution < 1.29 is 13.2 Å². The number of alkyl halides is 3. The number of nitrogens with two attached hydrogens (primary N) is 1. The molecule has 2 aromatic carbocycles. The van der Waals surface area contributed by atoms with Crippen LogP contribution < -0.4 is 5.73 Å². The molecule has 0 aromatic heterocycles. The summed E-state index contributed by atoms with van der Waals surface area (Å²) < 4.78 is 38.8. The van der Waals surface area contributed by atoms with E-state index < -0.39 is 11.7 Å². The van der Waals surface area contributed by atoms with E-state index >= 15 is 0 Å². The van der Waals surface area contributed by atoms with Crippen molar-refractivity contribution in [2.24, 2.45) is 5.73 Å². The first-order valence-corrected chi connectivity index (χ1v) is 7.14. The lowest BCUT2D eigenvalue weighted by atomic mass is 10.0. The van der Waals surface area contributed by atoms with Crippen LogP contribution in [-0.4, -0.2) is 6.54 Å². The maximum Gasteiger partial charge on any atom is 0.416 e. The van der Waals surface area contributed by atoms with Crippen molar-refractivity contribution in [1.82, 2.24) is 0 Å². The maximum atomic E-state index is 12.9. The lowest BCUT2D eigenvalue weighted by Crippen LogP contribution is -2.06. The monoisotopic (exact) mass is 305 g/mol. The van der Waals surface area contributed by atoms with Gasteiger partial charge in [-0.15, -0.1) is 0 Å². The molecule has 0 bridgehead atoms. The minimum Gasteiger partial charge on any atom is -0.330 e. The quantitative estimate of drug-likeness (QED) is 0.791. The van der Waals surface area contributed by atoms with Crippen LogP contribution in [0.5, 0.6) is 0 Å². The maximum absolute atomic E-state index is 12.9. The second kappa shape index (κ2) is 7.27. The van der Waals surface area contributed by atoms with Crippen LogP contribution >= 0.6 is 0 Å². The number of rotatable bonds is 5. The number of hydrogen-bond donors (Lipinski definition) is 1. The highest BCUT2D eigenvalue weighted by molar-refractivity contribution is 5.71. The summed E-state index contributed by atoms with van der Waals surface area (Å²) in [5, 5.41) is 0. The fraction of sp³-hybridized carbons (Fsp3) is 0.222. The van der Waals surface area contributed by atoms with Gasteiger partial charge in [-0.05, 0) is 42.1 Å². The van der Waals surface area contributed by atoms with E-state index in [9.17, 15) is 13.2 Å². The van der Waals surface area contributed by atoms with Crippen molar-refractivity contribution in [2.45, 2.75) is 19.0 Å². The predicted octanol–water partition coefficient (Wildman–Crippen LogP) is 4.77. The zero-order valence-corrected chi connectivity index (χ0v) is 12.1. The van der Waals surface area contributed by atoms with Gasteiger partial charge in [0.25, 0.3) is 0 Å². The molecule has 1 nitrogen and oxygen atoms in total. The predicted molar refractivity (Wildman–Crippen MR) is 84.2 cm³/mol. The largest absolute Gasteiger partial charge is 0.416 e. The van der Waals surface area contributed by atoms with Crippen molar-refractivity contribution in [3.05, 3.63) is 70.8 Å². The molecule has 0 radical (unpaired) electrons. The first-order chi connectivity index (χ1) is 10.5. The van der Waals surface area contributed by atoms with E-state index in [1.807, 2.05) is 24.3 Å². The van der Waals surface area contributed by atoms with Gasteiger partial charge < -0.3 is 5.73 Å². The van der Waals surface area contributed by atoms with Crippen LogP contribution in [0, 0.1) is 0 Å². The summed E-state index contributed by atoms with van der Waals surface area (Å²) in [7, 11) is 0. The molecule has 2 rings (SSSR count). The Balaban J connectivity index is 2.22. The molecule has 0 unspecified atom stereocenters. The van der Waals surface area contributed by atoms with Crippen LogP contribution in [0.4, 0.5) is 13.2 Å². The molecule has 116 valence electrons. The van der Waals surface area contributed by atoms with Crippen LogP contribution in [0.2, 0.25) is 0 Å². The minimum atomic E-state index is -4.34. The molecule has 2 aromatic rings. The number of aryl methyl sites for hydroxylation is 1. The average molecular weight is 305 g/mol. The Bertz CT molecular complexity index is 645. The summed E-state index contributed by atoms with van der Waals surface area (Å²) in [5.74, 6) is 0. The number of benzene rings is 2. The Morgan fingerprint density at radius 2 is 1.73 bits per heavy atom. The second-order valence-electron chi connectivity index (χ2n) is 5.06. The van der Waals surface area contributed by atoms with Crippen LogP contribution in [0.1, 0.15) is 28.7 Å². The lowest BCUT2D eigenvalue weighted by molar-refractivity contribution is -0.137. The van der Waals surface area contributed by atoms with Crippen LogP contribution in [-0.2, 0) is 12.6 Å². The Kier molecular flexibility index (Phi) is 5.39. The smallest absolute Gasteiger partial charge is 0.330 e. The minimum absolute atomic E-state index is 0.169. The van der Waals surface area contributed by atoms with Gasteiger partial charge in [0.05, 0.1) is 5.56 Å². The first-order valence-electron chi connectivity index (χ1n) is 7.14. The molecule has 0 aliphatic heterocycles. The van der Waals surface area contributed by atoms with Gasteiger partial charge in [-0.25, -0.2) is 0 Å². The van der Waals surface area contributed by atoms with Gasteiger partial charge in [-0.1, -0.05) is 54.6 Å².